The van der Waals surface area contributed by atoms with Crippen molar-refractivity contribution in [3.05, 3.63) is 89.2 Å². The third kappa shape index (κ3) is 2.97. The first-order chi connectivity index (χ1) is 14.5. The van der Waals surface area contributed by atoms with Crippen molar-refractivity contribution in [3.63, 3.8) is 0 Å². The average Bonchev–Trinajstić information content (AvgIpc) is 3.08. The Labute approximate surface area is 173 Å². The topological polar surface area (TPSA) is 77.3 Å². The Kier molecular flexibility index (Phi) is 4.20. The normalized spacial score (nSPS) is 15.2. The first-order valence-electron chi connectivity index (χ1n) is 9.68. The van der Waals surface area contributed by atoms with Crippen LogP contribution < -0.4 is 5.73 Å². The van der Waals surface area contributed by atoms with Gasteiger partial charge in [-0.3, -0.25) is 4.99 Å². The molecule has 0 radical (unpaired) electrons. The van der Waals surface area contributed by atoms with Crippen molar-refractivity contribution in [3.8, 4) is 22.3 Å². The van der Waals surface area contributed by atoms with Crippen LogP contribution in [0.25, 0.3) is 22.3 Å². The van der Waals surface area contributed by atoms with Gasteiger partial charge in [0, 0.05) is 22.9 Å². The van der Waals surface area contributed by atoms with Gasteiger partial charge in [-0.15, -0.1) is 0 Å². The molecule has 6 heteroatoms. The van der Waals surface area contributed by atoms with Crippen molar-refractivity contribution in [1.29, 1.82) is 0 Å². The zero-order chi connectivity index (χ0) is 20.8. The number of aliphatic imine (C=N–C) groups is 1. The minimum atomic E-state index is -0.283. The molecule has 1 atom stereocenters. The van der Waals surface area contributed by atoms with Gasteiger partial charge in [0.15, 0.2) is 5.76 Å². The molecule has 0 unspecified atom stereocenters. The van der Waals surface area contributed by atoms with Gasteiger partial charge in [-0.1, -0.05) is 17.3 Å². The van der Waals surface area contributed by atoms with Crippen LogP contribution in [0.5, 0.6) is 0 Å². The standard InChI is InChI=1S/C24H19FN4O/c1-13-22-19-9-5-16(17-6-10-21(26)27-12-17)11-20(19)23(15-3-7-18(25)8-4-15)28-14(2)24(22)30-29-13/h3-12,14H,1-2H3,(H2,26,27)/t14-/m1/s1. The van der Waals surface area contributed by atoms with Gasteiger partial charge in [-0.05, 0) is 67.4 Å². The minimum absolute atomic E-state index is 0.227. The van der Waals surface area contributed by atoms with E-state index in [-0.39, 0.29) is 11.9 Å². The SMILES string of the molecule is Cc1noc2c1-c1ccc(-c3ccc(N)nc3)cc1C(c1ccc(F)cc1)=N[C@@H]2C. The highest BCUT2D eigenvalue weighted by Crippen LogP contribution is 2.40. The summed E-state index contributed by atoms with van der Waals surface area (Å²) in [5.74, 6) is 0.920. The Morgan fingerprint density at radius 2 is 1.67 bits per heavy atom. The molecule has 148 valence electrons. The summed E-state index contributed by atoms with van der Waals surface area (Å²) in [7, 11) is 0. The summed E-state index contributed by atoms with van der Waals surface area (Å²) in [6.45, 7) is 3.91. The lowest BCUT2D eigenvalue weighted by molar-refractivity contribution is 0.366. The van der Waals surface area contributed by atoms with Gasteiger partial charge in [0.05, 0.1) is 17.0 Å². The number of hydrogen-bond acceptors (Lipinski definition) is 5. The number of benzene rings is 2. The molecule has 0 fully saturated rings. The number of rotatable bonds is 2. The number of pyridine rings is 1. The lowest BCUT2D eigenvalue weighted by Crippen LogP contribution is -2.06. The van der Waals surface area contributed by atoms with Crippen LogP contribution in [0.3, 0.4) is 0 Å². The van der Waals surface area contributed by atoms with Gasteiger partial charge in [0.2, 0.25) is 0 Å². The second kappa shape index (κ2) is 6.91. The van der Waals surface area contributed by atoms with Gasteiger partial charge in [0.25, 0.3) is 0 Å². The molecule has 0 saturated carbocycles. The third-order valence-electron chi connectivity index (χ3n) is 5.37. The van der Waals surface area contributed by atoms with Crippen LogP contribution in [0, 0.1) is 12.7 Å². The van der Waals surface area contributed by atoms with Gasteiger partial charge >= 0.3 is 0 Å². The number of nitrogens with zero attached hydrogens (tertiary/aromatic N) is 3. The summed E-state index contributed by atoms with van der Waals surface area (Å²) in [6, 6.07) is 16.1. The molecule has 0 spiro atoms. The van der Waals surface area contributed by atoms with Gasteiger partial charge in [-0.2, -0.15) is 0 Å². The monoisotopic (exact) mass is 398 g/mol. The molecule has 0 aliphatic carbocycles. The van der Waals surface area contributed by atoms with Gasteiger partial charge in [-0.25, -0.2) is 9.37 Å². The molecule has 3 heterocycles. The van der Waals surface area contributed by atoms with Crippen LogP contribution >= 0.6 is 0 Å². The molecule has 4 aromatic rings. The Balaban J connectivity index is 1.77. The van der Waals surface area contributed by atoms with E-state index in [2.05, 4.69) is 22.3 Å². The number of aryl methyl sites for hydroxylation is 1. The fraction of sp³-hybridized carbons (Fsp3) is 0.125. The van der Waals surface area contributed by atoms with E-state index in [0.717, 1.165) is 50.5 Å². The van der Waals surface area contributed by atoms with Gasteiger partial charge < -0.3 is 10.3 Å². The Morgan fingerprint density at radius 3 is 2.40 bits per heavy atom. The molecule has 30 heavy (non-hydrogen) atoms. The fourth-order valence-corrected chi connectivity index (χ4v) is 3.87. The van der Waals surface area contributed by atoms with E-state index < -0.39 is 0 Å². The first kappa shape index (κ1) is 18.2. The van der Waals surface area contributed by atoms with E-state index in [1.54, 1.807) is 24.4 Å². The van der Waals surface area contributed by atoms with Crippen LogP contribution in [-0.2, 0) is 0 Å². The summed E-state index contributed by atoms with van der Waals surface area (Å²) < 4.78 is 19.2. The van der Waals surface area contributed by atoms with E-state index in [1.807, 2.05) is 26.0 Å². The van der Waals surface area contributed by atoms with Crippen molar-refractivity contribution in [2.75, 3.05) is 5.73 Å². The zero-order valence-corrected chi connectivity index (χ0v) is 16.6. The summed E-state index contributed by atoms with van der Waals surface area (Å²) in [4.78, 5) is 9.15. The second-order valence-corrected chi connectivity index (χ2v) is 7.40. The van der Waals surface area contributed by atoms with E-state index in [4.69, 9.17) is 15.2 Å². The minimum Gasteiger partial charge on any atom is -0.384 e. The van der Waals surface area contributed by atoms with Crippen LogP contribution in [0.2, 0.25) is 0 Å². The van der Waals surface area contributed by atoms with Gasteiger partial charge in [0.1, 0.15) is 17.7 Å². The molecule has 5 rings (SSSR count). The van der Waals surface area contributed by atoms with Crippen molar-refractivity contribution in [2.24, 2.45) is 4.99 Å². The predicted molar refractivity (Wildman–Crippen MR) is 115 cm³/mol. The molecule has 0 bridgehead atoms. The summed E-state index contributed by atoms with van der Waals surface area (Å²) in [5.41, 5.74) is 13.0. The zero-order valence-electron chi connectivity index (χ0n) is 16.6. The van der Waals surface area contributed by atoms with E-state index in [1.165, 1.54) is 12.1 Å². The van der Waals surface area contributed by atoms with E-state index >= 15 is 0 Å². The number of nitrogen functional groups attached to an aromatic ring is 1. The molecule has 0 amide bonds. The van der Waals surface area contributed by atoms with E-state index in [9.17, 15) is 4.39 Å². The smallest absolute Gasteiger partial charge is 0.169 e. The van der Waals surface area contributed by atoms with Crippen molar-refractivity contribution in [1.82, 2.24) is 10.1 Å². The highest BCUT2D eigenvalue weighted by molar-refractivity contribution is 6.17. The largest absolute Gasteiger partial charge is 0.384 e. The molecule has 0 saturated heterocycles. The Hall–Kier alpha value is -3.80. The number of anilines is 1. The highest BCUT2D eigenvalue weighted by Gasteiger charge is 2.28. The van der Waals surface area contributed by atoms with Crippen LogP contribution in [-0.4, -0.2) is 15.9 Å². The molecular weight excluding hydrogens is 379 g/mol. The number of nitrogens with two attached hydrogens (primary N) is 1. The fourth-order valence-electron chi connectivity index (χ4n) is 3.87. The maximum Gasteiger partial charge on any atom is 0.169 e. The summed E-state index contributed by atoms with van der Waals surface area (Å²) in [6.07, 6.45) is 1.75. The van der Waals surface area contributed by atoms with Crippen molar-refractivity contribution in [2.45, 2.75) is 19.9 Å². The average molecular weight is 398 g/mol. The molecule has 2 aromatic heterocycles. The Bertz CT molecular complexity index is 1270. The summed E-state index contributed by atoms with van der Waals surface area (Å²) >= 11 is 0. The Morgan fingerprint density at radius 1 is 0.933 bits per heavy atom. The first-order valence-corrected chi connectivity index (χ1v) is 9.68. The quantitative estimate of drug-likeness (QED) is 0.494. The number of aromatic nitrogens is 2. The van der Waals surface area contributed by atoms with E-state index in [0.29, 0.717) is 5.82 Å². The molecule has 2 aromatic carbocycles. The third-order valence-corrected chi connectivity index (χ3v) is 5.37. The number of hydrogen-bond donors (Lipinski definition) is 1. The van der Waals surface area contributed by atoms with Crippen molar-refractivity contribution < 1.29 is 8.91 Å². The molecular formula is C24H19FN4O. The maximum atomic E-state index is 13.6. The predicted octanol–water partition coefficient (Wildman–Crippen LogP) is 5.35. The highest BCUT2D eigenvalue weighted by atomic mass is 19.1. The van der Waals surface area contributed by atoms with Crippen LogP contribution in [0.1, 0.15) is 35.5 Å². The van der Waals surface area contributed by atoms with Crippen LogP contribution in [0.4, 0.5) is 10.2 Å². The summed E-state index contributed by atoms with van der Waals surface area (Å²) in [5, 5.41) is 4.17. The maximum absolute atomic E-state index is 13.6. The molecule has 2 N–H and O–H groups in total. The number of halogens is 1. The lowest BCUT2D eigenvalue weighted by Gasteiger charge is -2.13. The molecule has 5 nitrogen and oxygen atoms in total. The molecule has 1 aliphatic rings. The molecule has 1 aliphatic heterocycles. The van der Waals surface area contributed by atoms with Crippen LogP contribution in [0.15, 0.2) is 70.3 Å². The van der Waals surface area contributed by atoms with Crippen molar-refractivity contribution >= 4 is 11.5 Å². The second-order valence-electron chi connectivity index (χ2n) is 7.40. The lowest BCUT2D eigenvalue weighted by atomic mass is 9.90. The number of fused-ring (bicyclic) bond motifs is 3.